The number of nitrogens with one attached hydrogen (secondary N) is 1. The Hall–Kier alpha value is -1.13. The van der Waals surface area contributed by atoms with Crippen LogP contribution in [0.2, 0.25) is 0 Å². The fourth-order valence-electron chi connectivity index (χ4n) is 2.85. The van der Waals surface area contributed by atoms with E-state index in [1.54, 1.807) is 0 Å². The lowest BCUT2D eigenvalue weighted by Crippen LogP contribution is -2.47. The Labute approximate surface area is 121 Å². The fourth-order valence-corrected chi connectivity index (χ4v) is 2.85. The van der Waals surface area contributed by atoms with Crippen LogP contribution in [0.3, 0.4) is 0 Å². The zero-order valence-electron chi connectivity index (χ0n) is 12.6. The standard InChI is InChI=1S/C16H25N3O/c1-16(20-2)9-4-10-19(12-16)15-6-3-5-14(18-15)11-17-13-7-8-13/h3,5-6,13,17H,4,7-12H2,1-2H3. The van der Waals surface area contributed by atoms with Gasteiger partial charge < -0.3 is 15.0 Å². The van der Waals surface area contributed by atoms with Gasteiger partial charge in [-0.3, -0.25) is 0 Å². The molecule has 2 heterocycles. The molecule has 110 valence electrons. The SMILES string of the molecule is COC1(C)CCCN(c2cccc(CNC3CC3)n2)C1. The first-order chi connectivity index (χ1) is 9.68. The van der Waals surface area contributed by atoms with E-state index in [-0.39, 0.29) is 5.60 Å². The van der Waals surface area contributed by atoms with E-state index in [1.165, 1.54) is 12.8 Å². The van der Waals surface area contributed by atoms with Crippen molar-refractivity contribution in [1.82, 2.24) is 10.3 Å². The van der Waals surface area contributed by atoms with E-state index in [9.17, 15) is 0 Å². The van der Waals surface area contributed by atoms with E-state index < -0.39 is 0 Å². The quantitative estimate of drug-likeness (QED) is 0.895. The van der Waals surface area contributed by atoms with Crippen LogP contribution in [-0.2, 0) is 11.3 Å². The lowest BCUT2D eigenvalue weighted by Gasteiger charge is -2.40. The van der Waals surface area contributed by atoms with E-state index in [0.717, 1.165) is 50.0 Å². The van der Waals surface area contributed by atoms with Crippen LogP contribution in [0, 0.1) is 0 Å². The number of methoxy groups -OCH3 is 1. The third-order valence-corrected chi connectivity index (χ3v) is 4.42. The zero-order valence-corrected chi connectivity index (χ0v) is 12.6. The Kier molecular flexibility index (Phi) is 3.94. The van der Waals surface area contributed by atoms with Crippen LogP contribution >= 0.6 is 0 Å². The Morgan fingerprint density at radius 1 is 1.45 bits per heavy atom. The highest BCUT2D eigenvalue weighted by Gasteiger charge is 2.31. The number of hydrogen-bond donors (Lipinski definition) is 1. The Morgan fingerprint density at radius 3 is 3.05 bits per heavy atom. The minimum atomic E-state index is -0.0395. The molecule has 1 N–H and O–H groups in total. The lowest BCUT2D eigenvalue weighted by atomic mass is 9.95. The number of aromatic nitrogens is 1. The van der Waals surface area contributed by atoms with Gasteiger partial charge in [0.05, 0.1) is 11.3 Å². The van der Waals surface area contributed by atoms with Crippen molar-refractivity contribution < 1.29 is 4.74 Å². The topological polar surface area (TPSA) is 37.4 Å². The molecule has 1 saturated heterocycles. The van der Waals surface area contributed by atoms with E-state index in [2.05, 4.69) is 35.3 Å². The molecule has 1 atom stereocenters. The third-order valence-electron chi connectivity index (χ3n) is 4.42. The van der Waals surface area contributed by atoms with Crippen molar-refractivity contribution >= 4 is 5.82 Å². The molecule has 0 radical (unpaired) electrons. The molecule has 1 aliphatic heterocycles. The van der Waals surface area contributed by atoms with Crippen LogP contribution < -0.4 is 10.2 Å². The summed E-state index contributed by atoms with van der Waals surface area (Å²) >= 11 is 0. The van der Waals surface area contributed by atoms with Gasteiger partial charge in [-0.15, -0.1) is 0 Å². The molecular formula is C16H25N3O. The van der Waals surface area contributed by atoms with Crippen molar-refractivity contribution in [3.8, 4) is 0 Å². The Morgan fingerprint density at radius 2 is 2.30 bits per heavy atom. The van der Waals surface area contributed by atoms with Crippen molar-refractivity contribution in [2.24, 2.45) is 0 Å². The summed E-state index contributed by atoms with van der Waals surface area (Å²) in [6, 6.07) is 7.07. The summed E-state index contributed by atoms with van der Waals surface area (Å²) in [6.07, 6.45) is 4.93. The highest BCUT2D eigenvalue weighted by atomic mass is 16.5. The molecule has 0 bridgehead atoms. The summed E-state index contributed by atoms with van der Waals surface area (Å²) in [7, 11) is 1.81. The highest BCUT2D eigenvalue weighted by Crippen LogP contribution is 2.27. The van der Waals surface area contributed by atoms with E-state index >= 15 is 0 Å². The Balaban J connectivity index is 1.67. The molecule has 2 fully saturated rings. The van der Waals surface area contributed by atoms with Gasteiger partial charge in [0.25, 0.3) is 0 Å². The van der Waals surface area contributed by atoms with Gasteiger partial charge in [-0.1, -0.05) is 6.07 Å². The minimum absolute atomic E-state index is 0.0395. The molecule has 20 heavy (non-hydrogen) atoms. The van der Waals surface area contributed by atoms with Crippen molar-refractivity contribution in [3.63, 3.8) is 0 Å². The number of piperidine rings is 1. The molecule has 1 unspecified atom stereocenters. The van der Waals surface area contributed by atoms with Crippen molar-refractivity contribution in [2.75, 3.05) is 25.1 Å². The van der Waals surface area contributed by atoms with Gasteiger partial charge in [-0.2, -0.15) is 0 Å². The maximum absolute atomic E-state index is 5.67. The maximum atomic E-state index is 5.67. The van der Waals surface area contributed by atoms with Crippen molar-refractivity contribution in [2.45, 2.75) is 50.8 Å². The molecule has 3 rings (SSSR count). The minimum Gasteiger partial charge on any atom is -0.377 e. The number of rotatable bonds is 5. The fraction of sp³-hybridized carbons (Fsp3) is 0.688. The average molecular weight is 275 g/mol. The molecule has 0 amide bonds. The zero-order chi connectivity index (χ0) is 14.0. The van der Waals surface area contributed by atoms with Gasteiger partial charge in [-0.05, 0) is 44.7 Å². The summed E-state index contributed by atoms with van der Waals surface area (Å²) in [5.74, 6) is 1.09. The number of anilines is 1. The van der Waals surface area contributed by atoms with Gasteiger partial charge in [0.15, 0.2) is 0 Å². The third kappa shape index (κ3) is 3.30. The second kappa shape index (κ2) is 5.70. The first kappa shape index (κ1) is 13.8. The molecule has 0 aromatic carbocycles. The van der Waals surface area contributed by atoms with Crippen LogP contribution in [-0.4, -0.2) is 36.8 Å². The van der Waals surface area contributed by atoms with Gasteiger partial charge >= 0.3 is 0 Å². The first-order valence-electron chi connectivity index (χ1n) is 7.68. The number of hydrogen-bond acceptors (Lipinski definition) is 4. The molecule has 4 heteroatoms. The van der Waals surface area contributed by atoms with Gasteiger partial charge in [-0.25, -0.2) is 4.98 Å². The van der Waals surface area contributed by atoms with E-state index in [1.807, 2.05) is 7.11 Å². The van der Waals surface area contributed by atoms with Gasteiger partial charge in [0.1, 0.15) is 5.82 Å². The van der Waals surface area contributed by atoms with Crippen LogP contribution in [0.5, 0.6) is 0 Å². The highest BCUT2D eigenvalue weighted by molar-refractivity contribution is 5.40. The Bertz CT molecular complexity index is 461. The number of pyridine rings is 1. The second-order valence-corrected chi connectivity index (χ2v) is 6.32. The van der Waals surface area contributed by atoms with Gasteiger partial charge in [0.2, 0.25) is 0 Å². The lowest BCUT2D eigenvalue weighted by molar-refractivity contribution is -0.00482. The summed E-state index contributed by atoms with van der Waals surface area (Å²) in [6.45, 7) is 5.08. The second-order valence-electron chi connectivity index (χ2n) is 6.32. The summed E-state index contributed by atoms with van der Waals surface area (Å²) < 4.78 is 5.67. The van der Waals surface area contributed by atoms with E-state index in [4.69, 9.17) is 9.72 Å². The molecule has 1 aromatic rings. The van der Waals surface area contributed by atoms with Crippen LogP contribution in [0.15, 0.2) is 18.2 Å². The summed E-state index contributed by atoms with van der Waals surface area (Å²) in [4.78, 5) is 7.16. The molecule has 1 aliphatic carbocycles. The number of ether oxygens (including phenoxy) is 1. The molecule has 2 aliphatic rings. The molecule has 4 nitrogen and oxygen atoms in total. The summed E-state index contributed by atoms with van der Waals surface area (Å²) in [5.41, 5.74) is 1.10. The largest absolute Gasteiger partial charge is 0.377 e. The van der Waals surface area contributed by atoms with Crippen LogP contribution in [0.1, 0.15) is 38.3 Å². The normalized spacial score (nSPS) is 26.8. The molecule has 1 saturated carbocycles. The first-order valence-corrected chi connectivity index (χ1v) is 7.68. The molecular weight excluding hydrogens is 250 g/mol. The average Bonchev–Trinajstić information content (AvgIpc) is 3.30. The predicted octanol–water partition coefficient (Wildman–Crippen LogP) is 2.34. The summed E-state index contributed by atoms with van der Waals surface area (Å²) in [5, 5.41) is 3.52. The smallest absolute Gasteiger partial charge is 0.128 e. The van der Waals surface area contributed by atoms with Crippen molar-refractivity contribution in [1.29, 1.82) is 0 Å². The number of nitrogens with zero attached hydrogens (tertiary/aromatic N) is 2. The molecule has 1 aromatic heterocycles. The van der Waals surface area contributed by atoms with Crippen molar-refractivity contribution in [3.05, 3.63) is 23.9 Å². The monoisotopic (exact) mass is 275 g/mol. The van der Waals surface area contributed by atoms with Crippen LogP contribution in [0.4, 0.5) is 5.82 Å². The predicted molar refractivity (Wildman–Crippen MR) is 81.0 cm³/mol. The van der Waals surface area contributed by atoms with Gasteiger partial charge in [0, 0.05) is 32.8 Å². The maximum Gasteiger partial charge on any atom is 0.128 e. The van der Waals surface area contributed by atoms with E-state index in [0.29, 0.717) is 0 Å². The van der Waals surface area contributed by atoms with Crippen LogP contribution in [0.25, 0.3) is 0 Å². The molecule has 0 spiro atoms.